The summed E-state index contributed by atoms with van der Waals surface area (Å²) in [6, 6.07) is 3.38. The number of carbonyl (C=O) groups excluding carboxylic acids is 1. The van der Waals surface area contributed by atoms with E-state index in [1.807, 2.05) is 0 Å². The maximum Gasteiger partial charge on any atom is 0.249 e. The monoisotopic (exact) mass is 374 g/mol. The lowest BCUT2D eigenvalue weighted by Gasteiger charge is -2.59. The Hall–Kier alpha value is -1.15. The third-order valence-electron chi connectivity index (χ3n) is 4.44. The first-order chi connectivity index (χ1) is 10.9. The van der Waals surface area contributed by atoms with Crippen molar-refractivity contribution in [1.29, 1.82) is 0 Å². The van der Waals surface area contributed by atoms with E-state index in [-0.39, 0.29) is 21.6 Å². The largest absolute Gasteiger partial charge is 0.380 e. The van der Waals surface area contributed by atoms with Crippen molar-refractivity contribution < 1.29 is 9.53 Å². The molecule has 3 rings (SSSR count). The van der Waals surface area contributed by atoms with Crippen molar-refractivity contribution in [2.24, 2.45) is 5.41 Å². The molecular weight excluding hydrogens is 359 g/mol. The van der Waals surface area contributed by atoms with Crippen LogP contribution in [-0.4, -0.2) is 36.3 Å². The maximum atomic E-state index is 12.8. The Morgan fingerprint density at radius 3 is 2.35 bits per heavy atom. The van der Waals surface area contributed by atoms with Gasteiger partial charge in [-0.3, -0.25) is 15.6 Å². The zero-order valence-corrected chi connectivity index (χ0v) is 14.7. The zero-order valence-electron chi connectivity index (χ0n) is 12.4. The van der Waals surface area contributed by atoms with Crippen molar-refractivity contribution >= 4 is 46.4 Å². The van der Waals surface area contributed by atoms with Gasteiger partial charge in [0.2, 0.25) is 5.91 Å². The minimum absolute atomic E-state index is 0.0725. The number of nitrogens with zero attached hydrogens (tertiary/aromatic N) is 1. The Bertz CT molecular complexity index is 638. The highest BCUT2D eigenvalue weighted by Crippen LogP contribution is 2.59. The molecule has 6 nitrogen and oxygen atoms in total. The van der Waals surface area contributed by atoms with Gasteiger partial charge in [0.05, 0.1) is 18.6 Å². The fourth-order valence-electron chi connectivity index (χ4n) is 3.36. The van der Waals surface area contributed by atoms with E-state index in [4.69, 9.17) is 40.2 Å². The number of pyridine rings is 1. The topological polar surface area (TPSA) is 75.3 Å². The molecule has 0 atom stereocenters. The van der Waals surface area contributed by atoms with Crippen LogP contribution in [0.15, 0.2) is 12.1 Å². The number of aromatic nitrogens is 1. The lowest BCUT2D eigenvalue weighted by molar-refractivity contribution is -0.193. The van der Waals surface area contributed by atoms with Gasteiger partial charge in [-0.1, -0.05) is 23.2 Å². The van der Waals surface area contributed by atoms with Gasteiger partial charge in [-0.25, -0.2) is 4.98 Å². The Morgan fingerprint density at radius 2 is 1.87 bits per heavy atom. The SMILES string of the molecule is CNC(=S)NNC(=O)C1(c2cc(Cl)nc(Cl)c2)CC2(COC2)C1. The summed E-state index contributed by atoms with van der Waals surface area (Å²) in [6.07, 6.45) is 1.35. The van der Waals surface area contributed by atoms with E-state index in [0.29, 0.717) is 31.2 Å². The number of halogens is 2. The molecule has 2 heterocycles. The molecule has 9 heteroatoms. The third kappa shape index (κ3) is 2.98. The van der Waals surface area contributed by atoms with Crippen LogP contribution >= 0.6 is 35.4 Å². The molecule has 0 aromatic carbocycles. The van der Waals surface area contributed by atoms with Crippen molar-refractivity contribution in [3.63, 3.8) is 0 Å². The van der Waals surface area contributed by atoms with Crippen molar-refractivity contribution in [1.82, 2.24) is 21.2 Å². The van der Waals surface area contributed by atoms with Gasteiger partial charge in [-0.05, 0) is 42.8 Å². The number of rotatable bonds is 2. The molecule has 1 aromatic rings. The van der Waals surface area contributed by atoms with Gasteiger partial charge >= 0.3 is 0 Å². The number of hydrogen-bond acceptors (Lipinski definition) is 4. The van der Waals surface area contributed by atoms with Crippen LogP contribution in [0.3, 0.4) is 0 Å². The molecule has 1 saturated carbocycles. The number of hydrazine groups is 1. The highest BCUT2D eigenvalue weighted by atomic mass is 35.5. The number of nitrogens with one attached hydrogen (secondary N) is 3. The molecule has 0 unspecified atom stereocenters. The Kier molecular flexibility index (Phi) is 4.39. The van der Waals surface area contributed by atoms with E-state index in [0.717, 1.165) is 5.56 Å². The predicted molar refractivity (Wildman–Crippen MR) is 91.4 cm³/mol. The molecule has 3 N–H and O–H groups in total. The number of ether oxygens (including phenoxy) is 1. The van der Waals surface area contributed by atoms with Gasteiger partial charge in [0.25, 0.3) is 0 Å². The van der Waals surface area contributed by atoms with Gasteiger partial charge < -0.3 is 10.1 Å². The number of thiocarbonyl (C=S) groups is 1. The van der Waals surface area contributed by atoms with E-state index in [9.17, 15) is 4.79 Å². The van der Waals surface area contributed by atoms with Crippen LogP contribution in [0.2, 0.25) is 10.3 Å². The maximum absolute atomic E-state index is 12.8. The van der Waals surface area contributed by atoms with E-state index < -0.39 is 5.41 Å². The smallest absolute Gasteiger partial charge is 0.249 e. The van der Waals surface area contributed by atoms with Crippen LogP contribution in [0.25, 0.3) is 0 Å². The molecule has 0 bridgehead atoms. The van der Waals surface area contributed by atoms with E-state index in [2.05, 4.69) is 21.2 Å². The summed E-state index contributed by atoms with van der Waals surface area (Å²) < 4.78 is 5.31. The van der Waals surface area contributed by atoms with Crippen molar-refractivity contribution in [3.8, 4) is 0 Å². The molecule has 0 radical (unpaired) electrons. The summed E-state index contributed by atoms with van der Waals surface area (Å²) >= 11 is 17.0. The fourth-order valence-corrected chi connectivity index (χ4v) is 3.87. The molecule has 124 valence electrons. The first kappa shape index (κ1) is 16.7. The summed E-state index contributed by atoms with van der Waals surface area (Å²) in [4.78, 5) is 16.8. The average molecular weight is 375 g/mol. The van der Waals surface area contributed by atoms with Gasteiger partial charge in [0, 0.05) is 12.5 Å². The van der Waals surface area contributed by atoms with Crippen LogP contribution in [0.5, 0.6) is 0 Å². The number of amides is 1. The van der Waals surface area contributed by atoms with Crippen LogP contribution in [0.4, 0.5) is 0 Å². The molecule has 2 aliphatic rings. The lowest BCUT2D eigenvalue weighted by atomic mass is 9.49. The third-order valence-corrected chi connectivity index (χ3v) is 5.13. The molecule has 2 fully saturated rings. The van der Waals surface area contributed by atoms with Gasteiger partial charge in [0.15, 0.2) is 5.11 Å². The number of carbonyl (C=O) groups is 1. The van der Waals surface area contributed by atoms with E-state index >= 15 is 0 Å². The van der Waals surface area contributed by atoms with Crippen LogP contribution in [0, 0.1) is 5.41 Å². The van der Waals surface area contributed by atoms with Crippen LogP contribution < -0.4 is 16.2 Å². The zero-order chi connectivity index (χ0) is 16.7. The molecule has 23 heavy (non-hydrogen) atoms. The van der Waals surface area contributed by atoms with Crippen molar-refractivity contribution in [2.45, 2.75) is 18.3 Å². The summed E-state index contributed by atoms with van der Waals surface area (Å²) in [5.41, 5.74) is 5.46. The van der Waals surface area contributed by atoms with E-state index in [1.165, 1.54) is 0 Å². The molecule has 1 amide bonds. The summed E-state index contributed by atoms with van der Waals surface area (Å²) in [6.45, 7) is 1.36. The summed E-state index contributed by atoms with van der Waals surface area (Å²) in [7, 11) is 1.67. The van der Waals surface area contributed by atoms with Crippen molar-refractivity contribution in [3.05, 3.63) is 28.0 Å². The Morgan fingerprint density at radius 1 is 1.26 bits per heavy atom. The van der Waals surface area contributed by atoms with Crippen molar-refractivity contribution in [2.75, 3.05) is 20.3 Å². The quantitative estimate of drug-likeness (QED) is 0.414. The Balaban J connectivity index is 1.86. The lowest BCUT2D eigenvalue weighted by Crippen LogP contribution is -2.66. The van der Waals surface area contributed by atoms with Gasteiger partial charge in [0.1, 0.15) is 10.3 Å². The minimum atomic E-state index is -0.712. The Labute approximate surface area is 149 Å². The van der Waals surface area contributed by atoms with E-state index in [1.54, 1.807) is 19.2 Å². The molecule has 1 aliphatic heterocycles. The van der Waals surface area contributed by atoms with Crippen LogP contribution in [-0.2, 0) is 14.9 Å². The average Bonchev–Trinajstić information content (AvgIpc) is 2.41. The molecular formula is C14H16Cl2N4O2S. The second kappa shape index (κ2) is 6.05. The first-order valence-corrected chi connectivity index (χ1v) is 8.25. The molecule has 1 aliphatic carbocycles. The molecule has 1 saturated heterocycles. The second-order valence-electron chi connectivity index (χ2n) is 6.09. The summed E-state index contributed by atoms with van der Waals surface area (Å²) in [5, 5.41) is 3.61. The van der Waals surface area contributed by atoms with Gasteiger partial charge in [-0.2, -0.15) is 0 Å². The summed E-state index contributed by atoms with van der Waals surface area (Å²) in [5.74, 6) is -0.175. The highest BCUT2D eigenvalue weighted by Gasteiger charge is 2.62. The molecule has 1 aromatic heterocycles. The highest BCUT2D eigenvalue weighted by molar-refractivity contribution is 7.80. The fraction of sp³-hybridized carbons (Fsp3) is 0.500. The predicted octanol–water partition coefficient (Wildman–Crippen LogP) is 1.56. The molecule has 1 spiro atoms. The van der Waals surface area contributed by atoms with Crippen LogP contribution in [0.1, 0.15) is 18.4 Å². The number of hydrogen-bond donors (Lipinski definition) is 3. The normalized spacial score (nSPS) is 20.1. The first-order valence-electron chi connectivity index (χ1n) is 7.09. The van der Waals surface area contributed by atoms with Gasteiger partial charge in [-0.15, -0.1) is 0 Å². The standard InChI is InChI=1S/C14H16Cl2N4O2S/c1-17-12(23)20-19-11(21)14(4-13(5-14)6-22-7-13)8-2-9(15)18-10(16)3-8/h2-3H,4-7H2,1H3,(H,19,21)(H2,17,20,23). The second-order valence-corrected chi connectivity index (χ2v) is 7.27. The minimum Gasteiger partial charge on any atom is -0.380 e.